The smallest absolute Gasteiger partial charge is 0.291 e. The number of benzene rings is 2. The van der Waals surface area contributed by atoms with Gasteiger partial charge in [0.2, 0.25) is 5.91 Å². The summed E-state index contributed by atoms with van der Waals surface area (Å²) in [6.07, 6.45) is 2.12. The van der Waals surface area contributed by atoms with E-state index in [1.54, 1.807) is 30.3 Å². The molecule has 0 spiro atoms. The number of carbonyl (C=O) groups is 2. The Bertz CT molecular complexity index is 873. The minimum atomic E-state index is -0.369. The van der Waals surface area contributed by atoms with Crippen molar-refractivity contribution < 1.29 is 14.0 Å². The van der Waals surface area contributed by atoms with Crippen LogP contribution in [0.4, 0.5) is 11.4 Å². The minimum Gasteiger partial charge on any atom is -0.459 e. The Kier molecular flexibility index (Phi) is 5.49. The molecule has 1 atom stereocenters. The number of nitrogens with one attached hydrogen (secondary N) is 2. The molecule has 5 nitrogen and oxygen atoms in total. The van der Waals surface area contributed by atoms with Crippen LogP contribution < -0.4 is 10.6 Å². The second-order valence-corrected chi connectivity index (χ2v) is 5.84. The molecular weight excluding hydrogens is 328 g/mol. The van der Waals surface area contributed by atoms with Crippen molar-refractivity contribution in [2.45, 2.75) is 19.3 Å². The van der Waals surface area contributed by atoms with Crippen LogP contribution in [-0.2, 0) is 4.79 Å². The monoisotopic (exact) mass is 348 g/mol. The fraction of sp³-hybridized carbons (Fsp3) is 0.143. The molecule has 26 heavy (non-hydrogen) atoms. The van der Waals surface area contributed by atoms with E-state index >= 15 is 0 Å². The van der Waals surface area contributed by atoms with Gasteiger partial charge in [0.1, 0.15) is 0 Å². The second kappa shape index (κ2) is 8.16. The second-order valence-electron chi connectivity index (χ2n) is 5.84. The van der Waals surface area contributed by atoms with Crippen molar-refractivity contribution in [3.05, 3.63) is 84.3 Å². The van der Waals surface area contributed by atoms with Crippen molar-refractivity contribution in [1.29, 1.82) is 0 Å². The summed E-state index contributed by atoms with van der Waals surface area (Å²) in [6, 6.07) is 20.0. The van der Waals surface area contributed by atoms with Gasteiger partial charge in [0, 0.05) is 0 Å². The number of hydrogen-bond donors (Lipinski definition) is 2. The van der Waals surface area contributed by atoms with Gasteiger partial charge in [-0.05, 0) is 36.2 Å². The lowest BCUT2D eigenvalue weighted by atomic mass is 9.95. The van der Waals surface area contributed by atoms with Crippen LogP contribution in [0.15, 0.2) is 77.4 Å². The van der Waals surface area contributed by atoms with E-state index in [1.807, 2.05) is 43.3 Å². The van der Waals surface area contributed by atoms with Crippen LogP contribution in [0.25, 0.3) is 0 Å². The van der Waals surface area contributed by atoms with Crippen LogP contribution in [0.3, 0.4) is 0 Å². The summed E-state index contributed by atoms with van der Waals surface area (Å²) < 4.78 is 5.10. The first kappa shape index (κ1) is 17.5. The maximum absolute atomic E-state index is 12.8. The van der Waals surface area contributed by atoms with Gasteiger partial charge in [0.25, 0.3) is 5.91 Å². The van der Waals surface area contributed by atoms with Gasteiger partial charge in [-0.3, -0.25) is 9.59 Å². The SMILES string of the molecule is CCC(C(=O)Nc1ccccc1NC(=O)c1ccco1)c1ccccc1. The largest absolute Gasteiger partial charge is 0.459 e. The fourth-order valence-corrected chi connectivity index (χ4v) is 2.77. The molecule has 132 valence electrons. The molecule has 1 unspecified atom stereocenters. The summed E-state index contributed by atoms with van der Waals surface area (Å²) in [6.45, 7) is 1.97. The summed E-state index contributed by atoms with van der Waals surface area (Å²) in [7, 11) is 0. The predicted octanol–water partition coefficient (Wildman–Crippen LogP) is 4.66. The van der Waals surface area contributed by atoms with Crippen LogP contribution in [-0.4, -0.2) is 11.8 Å². The van der Waals surface area contributed by atoms with Crippen molar-refractivity contribution in [3.8, 4) is 0 Å². The average molecular weight is 348 g/mol. The zero-order valence-corrected chi connectivity index (χ0v) is 14.4. The van der Waals surface area contributed by atoms with Crippen LogP contribution in [0.5, 0.6) is 0 Å². The molecule has 5 heteroatoms. The predicted molar refractivity (Wildman–Crippen MR) is 101 cm³/mol. The fourth-order valence-electron chi connectivity index (χ4n) is 2.77. The minimum absolute atomic E-state index is 0.113. The van der Waals surface area contributed by atoms with Crippen LogP contribution in [0, 0.1) is 0 Å². The molecule has 1 heterocycles. The van der Waals surface area contributed by atoms with Crippen molar-refractivity contribution in [3.63, 3.8) is 0 Å². The van der Waals surface area contributed by atoms with E-state index in [-0.39, 0.29) is 23.5 Å². The van der Waals surface area contributed by atoms with Crippen molar-refractivity contribution in [2.24, 2.45) is 0 Å². The Morgan fingerprint density at radius 2 is 1.54 bits per heavy atom. The molecule has 0 bridgehead atoms. The topological polar surface area (TPSA) is 71.3 Å². The maximum Gasteiger partial charge on any atom is 0.291 e. The molecule has 0 saturated heterocycles. The van der Waals surface area contributed by atoms with Gasteiger partial charge in [0.05, 0.1) is 23.6 Å². The van der Waals surface area contributed by atoms with E-state index < -0.39 is 0 Å². The van der Waals surface area contributed by atoms with E-state index in [9.17, 15) is 9.59 Å². The third kappa shape index (κ3) is 4.00. The van der Waals surface area contributed by atoms with Crippen LogP contribution in [0.2, 0.25) is 0 Å². The summed E-state index contributed by atoms with van der Waals surface area (Å²) in [5.74, 6) is -0.530. The molecule has 3 aromatic rings. The lowest BCUT2D eigenvalue weighted by molar-refractivity contribution is -0.117. The van der Waals surface area contributed by atoms with Crippen molar-refractivity contribution in [2.75, 3.05) is 10.6 Å². The summed E-state index contributed by atoms with van der Waals surface area (Å²) in [4.78, 5) is 25.0. The number of hydrogen-bond acceptors (Lipinski definition) is 3. The molecule has 0 radical (unpaired) electrons. The quantitative estimate of drug-likeness (QED) is 0.680. The Morgan fingerprint density at radius 1 is 0.885 bits per heavy atom. The first-order chi connectivity index (χ1) is 12.7. The third-order valence-electron chi connectivity index (χ3n) is 4.10. The van der Waals surface area contributed by atoms with E-state index in [2.05, 4.69) is 10.6 Å². The summed E-state index contributed by atoms with van der Waals surface area (Å²) >= 11 is 0. The zero-order chi connectivity index (χ0) is 18.4. The lowest BCUT2D eigenvalue weighted by Gasteiger charge is -2.17. The number of furan rings is 1. The number of carbonyl (C=O) groups excluding carboxylic acids is 2. The molecule has 3 rings (SSSR count). The Morgan fingerprint density at radius 3 is 2.15 bits per heavy atom. The van der Waals surface area contributed by atoms with Crippen molar-refractivity contribution >= 4 is 23.2 Å². The molecule has 2 amide bonds. The number of para-hydroxylation sites is 2. The number of rotatable bonds is 6. The zero-order valence-electron chi connectivity index (χ0n) is 14.4. The average Bonchev–Trinajstić information content (AvgIpc) is 3.20. The highest BCUT2D eigenvalue weighted by Crippen LogP contribution is 2.26. The highest BCUT2D eigenvalue weighted by atomic mass is 16.3. The normalized spacial score (nSPS) is 11.6. The van der Waals surface area contributed by atoms with E-state index in [0.717, 1.165) is 5.56 Å². The number of amides is 2. The maximum atomic E-state index is 12.8. The molecular formula is C21H20N2O3. The van der Waals surface area contributed by atoms with E-state index in [4.69, 9.17) is 4.42 Å². The third-order valence-corrected chi connectivity index (χ3v) is 4.10. The van der Waals surface area contributed by atoms with Gasteiger partial charge in [0.15, 0.2) is 5.76 Å². The molecule has 0 aliphatic heterocycles. The lowest BCUT2D eigenvalue weighted by Crippen LogP contribution is -2.22. The van der Waals surface area contributed by atoms with Gasteiger partial charge in [-0.25, -0.2) is 0 Å². The van der Waals surface area contributed by atoms with E-state index in [1.165, 1.54) is 6.26 Å². The van der Waals surface area contributed by atoms with Gasteiger partial charge >= 0.3 is 0 Å². The highest BCUT2D eigenvalue weighted by Gasteiger charge is 2.20. The first-order valence-electron chi connectivity index (χ1n) is 8.48. The number of anilines is 2. The van der Waals surface area contributed by atoms with Gasteiger partial charge < -0.3 is 15.1 Å². The standard InChI is InChI=1S/C21H20N2O3/c1-2-16(15-9-4-3-5-10-15)20(24)22-17-11-6-7-12-18(17)23-21(25)19-13-8-14-26-19/h3-14,16H,2H2,1H3,(H,22,24)(H,23,25). The Hall–Kier alpha value is -3.34. The van der Waals surface area contributed by atoms with E-state index in [0.29, 0.717) is 17.8 Å². The summed E-state index contributed by atoms with van der Waals surface area (Å²) in [5, 5.41) is 5.69. The van der Waals surface area contributed by atoms with Gasteiger partial charge in [-0.15, -0.1) is 0 Å². The molecule has 2 aromatic carbocycles. The summed E-state index contributed by atoms with van der Waals surface area (Å²) in [5.41, 5.74) is 2.03. The molecule has 0 aliphatic rings. The van der Waals surface area contributed by atoms with Crippen molar-refractivity contribution in [1.82, 2.24) is 0 Å². The molecule has 2 N–H and O–H groups in total. The first-order valence-corrected chi connectivity index (χ1v) is 8.48. The van der Waals surface area contributed by atoms with Crippen LogP contribution in [0.1, 0.15) is 35.4 Å². The van der Waals surface area contributed by atoms with Gasteiger partial charge in [-0.1, -0.05) is 49.4 Å². The van der Waals surface area contributed by atoms with Crippen LogP contribution >= 0.6 is 0 Å². The molecule has 1 aromatic heterocycles. The Labute approximate surface area is 152 Å². The van der Waals surface area contributed by atoms with Gasteiger partial charge in [-0.2, -0.15) is 0 Å². The Balaban J connectivity index is 1.77. The molecule has 0 fully saturated rings. The molecule has 0 aliphatic carbocycles. The molecule has 0 saturated carbocycles. The highest BCUT2D eigenvalue weighted by molar-refractivity contribution is 6.06.